The van der Waals surface area contributed by atoms with Gasteiger partial charge in [-0.1, -0.05) is 145 Å². The van der Waals surface area contributed by atoms with Crippen LogP contribution in [0.1, 0.15) is 15.1 Å². The van der Waals surface area contributed by atoms with Gasteiger partial charge in [0.2, 0.25) is 0 Å². The molecular weight excluding hydrogens is 544 g/mol. The molecule has 0 amide bonds. The van der Waals surface area contributed by atoms with Gasteiger partial charge >= 0.3 is 0 Å². The molecule has 1 heteroatoms. The minimum absolute atomic E-state index is 0.0246. The fraction of sp³-hybridized carbons (Fsp3) is 0. The Morgan fingerprint density at radius 2 is 1.00 bits per heavy atom. The second-order valence-electron chi connectivity index (χ2n) is 10.8. The summed E-state index contributed by atoms with van der Waals surface area (Å²) in [5.74, 6) is 0. The van der Waals surface area contributed by atoms with E-state index in [1.807, 2.05) is 91.0 Å². The number of furan rings is 1. The van der Waals surface area contributed by atoms with E-state index in [2.05, 4.69) is 12.1 Å². The molecule has 1 nitrogen and oxygen atoms in total. The highest BCUT2D eigenvalue weighted by molar-refractivity contribution is 6.26. The number of fused-ring (bicyclic) bond motifs is 5. The Morgan fingerprint density at radius 3 is 1.73 bits per heavy atom. The average Bonchev–Trinajstić information content (AvgIpc) is 3.63. The van der Waals surface area contributed by atoms with Crippen molar-refractivity contribution in [2.45, 2.75) is 0 Å². The molecule has 0 spiro atoms. The molecule has 9 aromatic rings. The van der Waals surface area contributed by atoms with Crippen LogP contribution in [-0.4, -0.2) is 0 Å². The Bertz CT molecular complexity index is 3070. The summed E-state index contributed by atoms with van der Waals surface area (Å²) in [6.45, 7) is 0. The molecule has 0 N–H and O–H groups in total. The Kier molecular flexibility index (Phi) is 3.87. The van der Waals surface area contributed by atoms with E-state index < -0.39 is 60.4 Å². The van der Waals surface area contributed by atoms with E-state index in [1.165, 1.54) is 0 Å². The van der Waals surface area contributed by atoms with Gasteiger partial charge in [-0.25, -0.2) is 0 Å². The van der Waals surface area contributed by atoms with Gasteiger partial charge < -0.3 is 4.42 Å². The van der Waals surface area contributed by atoms with Crippen molar-refractivity contribution in [2.75, 3.05) is 0 Å². The highest BCUT2D eigenvalue weighted by Crippen LogP contribution is 2.48. The molecule has 210 valence electrons. The SMILES string of the molecule is [2H]c1c([2H])c([2H])c(-c2c([2H])c(-c3c4ccccc4c(-c4cccc(-c5ccccc5)c4)c4ccccc34)c3c(oc4c([2H])c([2H])c([2H])c([2H])c43)c2[2H])c([2H])c1[2H]. The quantitative estimate of drug-likeness (QED) is 0.188. The van der Waals surface area contributed by atoms with Gasteiger partial charge in [0.05, 0.1) is 15.1 Å². The molecule has 0 radical (unpaired) electrons. The van der Waals surface area contributed by atoms with E-state index >= 15 is 0 Å². The molecule has 0 fully saturated rings. The summed E-state index contributed by atoms with van der Waals surface area (Å²) in [4.78, 5) is 0. The third kappa shape index (κ3) is 4.17. The predicted octanol–water partition coefficient (Wildman–Crippen LogP) is 12.6. The minimum atomic E-state index is -0.636. The molecule has 9 rings (SSSR count). The number of benzene rings is 8. The summed E-state index contributed by atoms with van der Waals surface area (Å²) in [7, 11) is 0. The highest BCUT2D eigenvalue weighted by Gasteiger charge is 2.21. The van der Waals surface area contributed by atoms with Crippen LogP contribution in [0.5, 0.6) is 0 Å². The topological polar surface area (TPSA) is 13.1 Å². The van der Waals surface area contributed by atoms with Gasteiger partial charge in [0, 0.05) is 10.8 Å². The zero-order chi connectivity index (χ0) is 39.3. The van der Waals surface area contributed by atoms with E-state index in [4.69, 9.17) is 16.8 Å². The Morgan fingerprint density at radius 1 is 0.400 bits per heavy atom. The minimum Gasteiger partial charge on any atom is -0.456 e. The molecule has 45 heavy (non-hydrogen) atoms. The Hall–Kier alpha value is -5.92. The maximum atomic E-state index is 9.97. The van der Waals surface area contributed by atoms with Crippen molar-refractivity contribution < 1.29 is 19.5 Å². The molecule has 0 aliphatic heterocycles. The zero-order valence-corrected chi connectivity index (χ0v) is 23.7. The molecular formula is C44H28O. The van der Waals surface area contributed by atoms with Crippen molar-refractivity contribution in [2.24, 2.45) is 0 Å². The fourth-order valence-electron chi connectivity index (χ4n) is 6.36. The third-order valence-corrected chi connectivity index (χ3v) is 8.26. The van der Waals surface area contributed by atoms with Crippen LogP contribution in [-0.2, 0) is 0 Å². The maximum absolute atomic E-state index is 9.97. The lowest BCUT2D eigenvalue weighted by atomic mass is 9.83. The maximum Gasteiger partial charge on any atom is 0.136 e. The molecule has 0 bridgehead atoms. The highest BCUT2D eigenvalue weighted by atomic mass is 16.3. The van der Waals surface area contributed by atoms with Crippen LogP contribution in [0.2, 0.25) is 0 Å². The van der Waals surface area contributed by atoms with E-state index in [0.717, 1.165) is 33.0 Å². The molecule has 0 saturated heterocycles. The molecule has 0 atom stereocenters. The smallest absolute Gasteiger partial charge is 0.136 e. The van der Waals surface area contributed by atoms with Crippen molar-refractivity contribution in [3.8, 4) is 44.5 Å². The number of para-hydroxylation sites is 1. The summed E-state index contributed by atoms with van der Waals surface area (Å²) in [6, 6.07) is 27.7. The first-order valence-electron chi connectivity index (χ1n) is 20.0. The Labute approximate surface area is 277 Å². The molecule has 8 aromatic carbocycles. The molecule has 0 aliphatic rings. The molecule has 0 unspecified atom stereocenters. The second kappa shape index (κ2) is 10.4. The van der Waals surface area contributed by atoms with E-state index in [1.54, 1.807) is 0 Å². The van der Waals surface area contributed by atoms with Crippen molar-refractivity contribution in [1.29, 1.82) is 0 Å². The summed E-state index contributed by atoms with van der Waals surface area (Å²) >= 11 is 0. The van der Waals surface area contributed by atoms with Crippen LogP contribution >= 0.6 is 0 Å². The standard InChI is InChI=1S/C44H28O/c1-3-14-29(15-4-1)31-18-13-19-32(26-31)42-34-20-7-9-22-36(34)43(37-23-10-8-21-35(37)42)39-27-33(30-16-5-2-6-17-30)28-41-44(39)38-24-11-12-25-40(38)45-41/h1-28H/i2D,5D,6D,11D,12D,16D,17D,24D,25D,27D,28D. The Balaban J connectivity index is 1.51. The first-order valence-corrected chi connectivity index (χ1v) is 14.5. The van der Waals surface area contributed by atoms with Crippen molar-refractivity contribution >= 4 is 43.5 Å². The zero-order valence-electron chi connectivity index (χ0n) is 34.7. The van der Waals surface area contributed by atoms with Crippen molar-refractivity contribution in [1.82, 2.24) is 0 Å². The van der Waals surface area contributed by atoms with Crippen LogP contribution in [0.4, 0.5) is 0 Å². The van der Waals surface area contributed by atoms with Crippen molar-refractivity contribution in [3.05, 3.63) is 170 Å². The lowest BCUT2D eigenvalue weighted by Crippen LogP contribution is -1.92. The molecule has 1 aromatic heterocycles. The van der Waals surface area contributed by atoms with Gasteiger partial charge in [-0.05, 0) is 90.2 Å². The summed E-state index contributed by atoms with van der Waals surface area (Å²) in [5.41, 5.74) is 3.49. The van der Waals surface area contributed by atoms with Crippen LogP contribution in [0.25, 0.3) is 88.0 Å². The van der Waals surface area contributed by atoms with Gasteiger partial charge in [-0.15, -0.1) is 0 Å². The first kappa shape index (κ1) is 16.8. The monoisotopic (exact) mass is 583 g/mol. The van der Waals surface area contributed by atoms with E-state index in [9.17, 15) is 2.74 Å². The number of hydrogen-bond donors (Lipinski definition) is 0. The van der Waals surface area contributed by atoms with Crippen molar-refractivity contribution in [3.63, 3.8) is 0 Å². The van der Waals surface area contributed by atoms with Crippen LogP contribution < -0.4 is 0 Å². The van der Waals surface area contributed by atoms with Gasteiger partial charge in [0.15, 0.2) is 0 Å². The van der Waals surface area contributed by atoms with Gasteiger partial charge in [0.25, 0.3) is 0 Å². The number of rotatable bonds is 4. The first-order chi connectivity index (χ1) is 26.9. The van der Waals surface area contributed by atoms with Crippen LogP contribution in [0.15, 0.2) is 174 Å². The summed E-state index contributed by atoms with van der Waals surface area (Å²) in [5, 5.41) is 3.05. The summed E-state index contributed by atoms with van der Waals surface area (Å²) in [6.07, 6.45) is 0. The lowest BCUT2D eigenvalue weighted by molar-refractivity contribution is 0.669. The van der Waals surface area contributed by atoms with Crippen LogP contribution in [0.3, 0.4) is 0 Å². The third-order valence-electron chi connectivity index (χ3n) is 8.26. The van der Waals surface area contributed by atoms with Gasteiger partial charge in [-0.2, -0.15) is 0 Å². The summed E-state index contributed by atoms with van der Waals surface area (Å²) < 4.78 is 103. The lowest BCUT2D eigenvalue weighted by Gasteiger charge is -2.19. The molecule has 1 heterocycles. The largest absolute Gasteiger partial charge is 0.456 e. The molecule has 0 aliphatic carbocycles. The van der Waals surface area contributed by atoms with Gasteiger partial charge in [0.1, 0.15) is 11.2 Å². The van der Waals surface area contributed by atoms with Gasteiger partial charge in [-0.3, -0.25) is 0 Å². The van der Waals surface area contributed by atoms with E-state index in [-0.39, 0.29) is 44.7 Å². The van der Waals surface area contributed by atoms with Crippen LogP contribution in [0, 0.1) is 0 Å². The normalized spacial score (nSPS) is 15.0. The fourth-order valence-corrected chi connectivity index (χ4v) is 6.36. The predicted molar refractivity (Wildman–Crippen MR) is 190 cm³/mol. The average molecular weight is 584 g/mol. The van der Waals surface area contributed by atoms with E-state index in [0.29, 0.717) is 16.3 Å². The number of hydrogen-bond acceptors (Lipinski definition) is 1. The molecule has 0 saturated carbocycles. The second-order valence-corrected chi connectivity index (χ2v) is 10.8.